The molecule has 0 radical (unpaired) electrons. The maximum absolute atomic E-state index is 12.8. The standard InChI is InChI=1S/C20H25N3O2/c24-20(18-14-17-4-1-2-5-19(17)25-15-18)22-11-6-16(7-12-22)8-13-23-10-3-9-21-23/h1-5,9-10,16,18H,6-8,11-15H2. The quantitative estimate of drug-likeness (QED) is 0.860. The number of carbonyl (C=O) groups excluding carboxylic acids is 1. The maximum atomic E-state index is 12.8. The molecule has 5 nitrogen and oxygen atoms in total. The largest absolute Gasteiger partial charge is 0.492 e. The van der Waals surface area contributed by atoms with E-state index in [-0.39, 0.29) is 11.8 Å². The number of amides is 1. The number of aryl methyl sites for hydroxylation is 1. The Morgan fingerprint density at radius 3 is 2.84 bits per heavy atom. The van der Waals surface area contributed by atoms with Crippen molar-refractivity contribution in [3.63, 3.8) is 0 Å². The van der Waals surface area contributed by atoms with Crippen LogP contribution in [0.1, 0.15) is 24.8 Å². The number of piperidine rings is 1. The van der Waals surface area contributed by atoms with E-state index in [1.807, 2.05) is 46.2 Å². The van der Waals surface area contributed by atoms with Crippen LogP contribution in [-0.4, -0.2) is 40.3 Å². The van der Waals surface area contributed by atoms with E-state index in [0.29, 0.717) is 12.5 Å². The summed E-state index contributed by atoms with van der Waals surface area (Å²) in [5, 5.41) is 4.26. The van der Waals surface area contributed by atoms with Gasteiger partial charge < -0.3 is 9.64 Å². The van der Waals surface area contributed by atoms with Gasteiger partial charge in [0, 0.05) is 32.0 Å². The van der Waals surface area contributed by atoms with E-state index in [2.05, 4.69) is 11.2 Å². The Morgan fingerprint density at radius 2 is 2.04 bits per heavy atom. The molecule has 1 saturated heterocycles. The average Bonchev–Trinajstić information content (AvgIpc) is 3.19. The second kappa shape index (κ2) is 7.30. The zero-order valence-electron chi connectivity index (χ0n) is 14.5. The first-order valence-corrected chi connectivity index (χ1v) is 9.26. The monoisotopic (exact) mass is 339 g/mol. The molecule has 0 bridgehead atoms. The summed E-state index contributed by atoms with van der Waals surface area (Å²) in [5.74, 6) is 1.86. The summed E-state index contributed by atoms with van der Waals surface area (Å²) in [5.41, 5.74) is 1.15. The fourth-order valence-electron chi connectivity index (χ4n) is 3.93. The third-order valence-electron chi connectivity index (χ3n) is 5.48. The Hall–Kier alpha value is -2.30. The zero-order valence-corrected chi connectivity index (χ0v) is 14.5. The molecule has 0 spiro atoms. The summed E-state index contributed by atoms with van der Waals surface area (Å²) in [6.45, 7) is 3.23. The molecule has 0 N–H and O–H groups in total. The molecule has 25 heavy (non-hydrogen) atoms. The first-order chi connectivity index (χ1) is 12.3. The van der Waals surface area contributed by atoms with Crippen molar-refractivity contribution >= 4 is 5.91 Å². The van der Waals surface area contributed by atoms with Crippen LogP contribution in [0.5, 0.6) is 5.75 Å². The third-order valence-corrected chi connectivity index (χ3v) is 5.48. The summed E-state index contributed by atoms with van der Waals surface area (Å²) < 4.78 is 7.79. The summed E-state index contributed by atoms with van der Waals surface area (Å²) in [6, 6.07) is 10.0. The highest BCUT2D eigenvalue weighted by Gasteiger charge is 2.31. The van der Waals surface area contributed by atoms with Crippen molar-refractivity contribution in [2.24, 2.45) is 11.8 Å². The molecule has 3 heterocycles. The van der Waals surface area contributed by atoms with Crippen LogP contribution in [0.4, 0.5) is 0 Å². The number of benzene rings is 1. The molecule has 1 aromatic heterocycles. The lowest BCUT2D eigenvalue weighted by molar-refractivity contribution is -0.138. The van der Waals surface area contributed by atoms with E-state index in [1.165, 1.54) is 0 Å². The van der Waals surface area contributed by atoms with Gasteiger partial charge in [-0.15, -0.1) is 0 Å². The lowest BCUT2D eigenvalue weighted by Gasteiger charge is -2.35. The summed E-state index contributed by atoms with van der Waals surface area (Å²) in [6.07, 6.45) is 7.97. The number of carbonyl (C=O) groups is 1. The van der Waals surface area contributed by atoms with Crippen molar-refractivity contribution < 1.29 is 9.53 Å². The van der Waals surface area contributed by atoms with Crippen LogP contribution in [-0.2, 0) is 17.8 Å². The molecule has 1 unspecified atom stereocenters. The van der Waals surface area contributed by atoms with Gasteiger partial charge in [-0.25, -0.2) is 0 Å². The smallest absolute Gasteiger partial charge is 0.229 e. The summed E-state index contributed by atoms with van der Waals surface area (Å²) in [4.78, 5) is 14.9. The molecular weight excluding hydrogens is 314 g/mol. The summed E-state index contributed by atoms with van der Waals surface area (Å²) in [7, 11) is 0. The van der Waals surface area contributed by atoms with E-state index in [9.17, 15) is 4.79 Å². The minimum atomic E-state index is -0.0319. The topological polar surface area (TPSA) is 47.4 Å². The average molecular weight is 339 g/mol. The normalized spacial score (nSPS) is 20.8. The Kier molecular flexibility index (Phi) is 4.72. The Morgan fingerprint density at radius 1 is 1.20 bits per heavy atom. The van der Waals surface area contributed by atoms with Gasteiger partial charge in [0.25, 0.3) is 0 Å². The van der Waals surface area contributed by atoms with E-state index in [4.69, 9.17) is 4.74 Å². The van der Waals surface area contributed by atoms with Crippen molar-refractivity contribution in [1.82, 2.24) is 14.7 Å². The molecule has 2 aliphatic heterocycles. The molecule has 0 aliphatic carbocycles. The molecule has 1 aromatic carbocycles. The van der Waals surface area contributed by atoms with Gasteiger partial charge in [-0.2, -0.15) is 5.10 Å². The van der Waals surface area contributed by atoms with E-state index < -0.39 is 0 Å². The van der Waals surface area contributed by atoms with Crippen molar-refractivity contribution in [2.45, 2.75) is 32.2 Å². The van der Waals surface area contributed by atoms with Crippen molar-refractivity contribution in [3.05, 3.63) is 48.3 Å². The maximum Gasteiger partial charge on any atom is 0.229 e. The number of nitrogens with zero attached hydrogens (tertiary/aromatic N) is 3. The number of hydrogen-bond acceptors (Lipinski definition) is 3. The van der Waals surface area contributed by atoms with Gasteiger partial charge in [0.1, 0.15) is 12.4 Å². The number of ether oxygens (including phenoxy) is 1. The SMILES string of the molecule is O=C(C1COc2ccccc2C1)N1CCC(CCn2cccn2)CC1. The van der Waals surface area contributed by atoms with E-state index >= 15 is 0 Å². The molecule has 132 valence electrons. The Bertz CT molecular complexity index is 705. The number of rotatable bonds is 4. The van der Waals surface area contributed by atoms with Crippen molar-refractivity contribution in [3.8, 4) is 5.75 Å². The third kappa shape index (κ3) is 3.70. The van der Waals surface area contributed by atoms with Gasteiger partial charge in [-0.3, -0.25) is 9.48 Å². The van der Waals surface area contributed by atoms with Gasteiger partial charge in [0.05, 0.1) is 5.92 Å². The molecule has 1 amide bonds. The second-order valence-corrected chi connectivity index (χ2v) is 7.15. The molecule has 2 aliphatic rings. The van der Waals surface area contributed by atoms with Crippen LogP contribution >= 0.6 is 0 Å². The number of fused-ring (bicyclic) bond motifs is 1. The van der Waals surface area contributed by atoms with Gasteiger partial charge >= 0.3 is 0 Å². The highest BCUT2D eigenvalue weighted by atomic mass is 16.5. The lowest BCUT2D eigenvalue weighted by atomic mass is 9.91. The number of para-hydroxylation sites is 1. The fraction of sp³-hybridized carbons (Fsp3) is 0.500. The fourth-order valence-corrected chi connectivity index (χ4v) is 3.93. The Balaban J connectivity index is 1.27. The number of hydrogen-bond donors (Lipinski definition) is 0. The molecule has 2 aromatic rings. The Labute approximate surface area is 148 Å². The number of aromatic nitrogens is 2. The van der Waals surface area contributed by atoms with Crippen molar-refractivity contribution in [1.29, 1.82) is 0 Å². The first kappa shape index (κ1) is 16.2. The van der Waals surface area contributed by atoms with E-state index in [1.54, 1.807) is 0 Å². The summed E-state index contributed by atoms with van der Waals surface area (Å²) >= 11 is 0. The minimum Gasteiger partial charge on any atom is -0.492 e. The lowest BCUT2D eigenvalue weighted by Crippen LogP contribution is -2.44. The van der Waals surface area contributed by atoms with E-state index in [0.717, 1.165) is 56.6 Å². The van der Waals surface area contributed by atoms with Gasteiger partial charge in [0.15, 0.2) is 0 Å². The van der Waals surface area contributed by atoms with Gasteiger partial charge in [0.2, 0.25) is 5.91 Å². The van der Waals surface area contributed by atoms with Crippen molar-refractivity contribution in [2.75, 3.05) is 19.7 Å². The van der Waals surface area contributed by atoms with Crippen LogP contribution in [0.15, 0.2) is 42.7 Å². The molecule has 1 atom stereocenters. The van der Waals surface area contributed by atoms with Gasteiger partial charge in [-0.1, -0.05) is 18.2 Å². The molecule has 4 rings (SSSR count). The number of likely N-dealkylation sites (tertiary alicyclic amines) is 1. The van der Waals surface area contributed by atoms with Crippen LogP contribution < -0.4 is 4.74 Å². The van der Waals surface area contributed by atoms with Crippen LogP contribution in [0, 0.1) is 11.8 Å². The highest BCUT2D eigenvalue weighted by molar-refractivity contribution is 5.80. The van der Waals surface area contributed by atoms with Crippen LogP contribution in [0.3, 0.4) is 0 Å². The molecule has 5 heteroatoms. The minimum absolute atomic E-state index is 0.0319. The highest BCUT2D eigenvalue weighted by Crippen LogP contribution is 2.29. The second-order valence-electron chi connectivity index (χ2n) is 7.15. The predicted octanol–water partition coefficient (Wildman–Crippen LogP) is 2.76. The molecule has 1 fully saturated rings. The molecule has 0 saturated carbocycles. The van der Waals surface area contributed by atoms with Crippen LogP contribution in [0.2, 0.25) is 0 Å². The zero-order chi connectivity index (χ0) is 17.1. The van der Waals surface area contributed by atoms with Gasteiger partial charge in [-0.05, 0) is 49.3 Å². The molecular formula is C20H25N3O2. The predicted molar refractivity (Wildman–Crippen MR) is 95.3 cm³/mol. The first-order valence-electron chi connectivity index (χ1n) is 9.26. The van der Waals surface area contributed by atoms with Crippen LogP contribution in [0.25, 0.3) is 0 Å².